The van der Waals surface area contributed by atoms with Crippen molar-refractivity contribution >= 4 is 19.8 Å². The molecule has 0 spiro atoms. The van der Waals surface area contributed by atoms with Crippen LogP contribution in [0.3, 0.4) is 0 Å². The summed E-state index contributed by atoms with van der Waals surface area (Å²) in [5.74, 6) is 3.39. The van der Waals surface area contributed by atoms with Gasteiger partial charge in [-0.1, -0.05) is 80.2 Å². The molecular formula is C20H23NSi. The summed E-state index contributed by atoms with van der Waals surface area (Å²) in [5.41, 5.74) is 5.74. The molecule has 0 heterocycles. The molecule has 0 saturated carbocycles. The molecule has 0 aliphatic heterocycles. The van der Waals surface area contributed by atoms with Gasteiger partial charge in [-0.3, -0.25) is 0 Å². The van der Waals surface area contributed by atoms with Gasteiger partial charge in [0.1, 0.15) is 14.1 Å². The number of anilines is 1. The second kappa shape index (κ2) is 7.68. The fourth-order valence-corrected chi connectivity index (χ4v) is 2.50. The monoisotopic (exact) mass is 305 g/mol. The van der Waals surface area contributed by atoms with Gasteiger partial charge in [-0.2, -0.15) is 0 Å². The summed E-state index contributed by atoms with van der Waals surface area (Å²) in [6.45, 7) is 6.79. The van der Waals surface area contributed by atoms with E-state index >= 15 is 0 Å². The van der Waals surface area contributed by atoms with Crippen LogP contribution in [0.25, 0.3) is 6.08 Å². The van der Waals surface area contributed by atoms with Gasteiger partial charge < -0.3 is 5.32 Å². The van der Waals surface area contributed by atoms with Crippen molar-refractivity contribution in [2.45, 2.75) is 25.7 Å². The highest BCUT2D eigenvalue weighted by molar-refractivity contribution is 6.83. The lowest BCUT2D eigenvalue weighted by Crippen LogP contribution is -2.20. The average Bonchev–Trinajstić information content (AvgIpc) is 2.51. The van der Waals surface area contributed by atoms with Crippen LogP contribution in [-0.4, -0.2) is 14.1 Å². The Bertz CT molecular complexity index is 658. The summed E-state index contributed by atoms with van der Waals surface area (Å²) in [6, 6.07) is 20.6. The fraction of sp³-hybridized carbons (Fsp3) is 0.200. The first-order valence-electron chi connectivity index (χ1n) is 7.60. The van der Waals surface area contributed by atoms with Gasteiger partial charge in [0, 0.05) is 5.69 Å². The fourth-order valence-electron chi connectivity index (χ4n) is 1.91. The van der Waals surface area contributed by atoms with Gasteiger partial charge in [-0.25, -0.2) is 0 Å². The molecule has 2 rings (SSSR count). The summed E-state index contributed by atoms with van der Waals surface area (Å²) in [7, 11) is -1.38. The molecule has 0 aliphatic rings. The third kappa shape index (κ3) is 6.03. The molecule has 22 heavy (non-hydrogen) atoms. The first-order valence-corrected chi connectivity index (χ1v) is 11.1. The second-order valence-electron chi connectivity index (χ2n) is 6.28. The molecule has 1 atom stereocenters. The third-order valence-corrected chi connectivity index (χ3v) is 3.87. The van der Waals surface area contributed by atoms with E-state index in [0.29, 0.717) is 0 Å². The largest absolute Gasteiger partial charge is 0.368 e. The summed E-state index contributed by atoms with van der Waals surface area (Å²) >= 11 is 0. The van der Waals surface area contributed by atoms with Crippen molar-refractivity contribution in [1.29, 1.82) is 0 Å². The topological polar surface area (TPSA) is 12.0 Å². The summed E-state index contributed by atoms with van der Waals surface area (Å²) in [5, 5.41) is 3.48. The van der Waals surface area contributed by atoms with Crippen LogP contribution >= 0.6 is 0 Å². The van der Waals surface area contributed by atoms with Crippen LogP contribution in [0, 0.1) is 11.5 Å². The Morgan fingerprint density at radius 1 is 0.909 bits per heavy atom. The van der Waals surface area contributed by atoms with Crippen molar-refractivity contribution in [2.75, 3.05) is 5.32 Å². The Morgan fingerprint density at radius 3 is 2.09 bits per heavy atom. The summed E-state index contributed by atoms with van der Waals surface area (Å²) in [6.07, 6.45) is 4.26. The molecule has 2 aromatic carbocycles. The summed E-state index contributed by atoms with van der Waals surface area (Å²) < 4.78 is 0. The van der Waals surface area contributed by atoms with Crippen molar-refractivity contribution < 1.29 is 0 Å². The molecule has 0 fully saturated rings. The third-order valence-electron chi connectivity index (χ3n) is 2.98. The Kier molecular flexibility index (Phi) is 5.63. The number of rotatable bonds is 4. The van der Waals surface area contributed by atoms with Gasteiger partial charge in [-0.05, 0) is 23.8 Å². The van der Waals surface area contributed by atoms with E-state index in [-0.39, 0.29) is 6.04 Å². The first-order chi connectivity index (χ1) is 10.5. The Hall–Kier alpha value is -2.24. The van der Waals surface area contributed by atoms with Crippen molar-refractivity contribution in [2.24, 2.45) is 0 Å². The number of benzene rings is 2. The number of para-hydroxylation sites is 1. The minimum absolute atomic E-state index is 0.0225. The van der Waals surface area contributed by atoms with Crippen LogP contribution < -0.4 is 5.32 Å². The highest BCUT2D eigenvalue weighted by atomic mass is 28.3. The van der Waals surface area contributed by atoms with E-state index in [1.165, 1.54) is 5.56 Å². The van der Waals surface area contributed by atoms with E-state index in [0.717, 1.165) is 5.69 Å². The number of hydrogen-bond acceptors (Lipinski definition) is 1. The quantitative estimate of drug-likeness (QED) is 0.615. The molecule has 2 aromatic rings. The molecule has 0 aromatic heterocycles. The zero-order chi connectivity index (χ0) is 15.8. The molecule has 1 nitrogen and oxygen atoms in total. The molecule has 0 bridgehead atoms. The van der Waals surface area contributed by atoms with Crippen LogP contribution in [0.2, 0.25) is 19.6 Å². The van der Waals surface area contributed by atoms with Gasteiger partial charge >= 0.3 is 0 Å². The predicted octanol–water partition coefficient (Wildman–Crippen LogP) is 5.06. The first kappa shape index (κ1) is 16.1. The molecular weight excluding hydrogens is 282 g/mol. The van der Waals surface area contributed by atoms with Crippen molar-refractivity contribution in [3.63, 3.8) is 0 Å². The van der Waals surface area contributed by atoms with Crippen LogP contribution in [-0.2, 0) is 0 Å². The zero-order valence-electron chi connectivity index (χ0n) is 13.5. The molecule has 2 heteroatoms. The van der Waals surface area contributed by atoms with Gasteiger partial charge in [0.25, 0.3) is 0 Å². The molecule has 1 unspecified atom stereocenters. The molecule has 0 saturated heterocycles. The maximum atomic E-state index is 3.48. The smallest absolute Gasteiger partial charge is 0.129 e. The minimum Gasteiger partial charge on any atom is -0.368 e. The molecule has 0 amide bonds. The number of nitrogens with one attached hydrogen (secondary N) is 1. The lowest BCUT2D eigenvalue weighted by Gasteiger charge is -2.12. The highest BCUT2D eigenvalue weighted by Gasteiger charge is 2.09. The Labute approximate surface area is 135 Å². The van der Waals surface area contributed by atoms with Crippen LogP contribution in [0.15, 0.2) is 66.7 Å². The lowest BCUT2D eigenvalue weighted by molar-refractivity contribution is 1.16. The lowest BCUT2D eigenvalue weighted by atomic mass is 10.1. The predicted molar refractivity (Wildman–Crippen MR) is 100 cm³/mol. The van der Waals surface area contributed by atoms with E-state index in [4.69, 9.17) is 0 Å². The van der Waals surface area contributed by atoms with Crippen LogP contribution in [0.1, 0.15) is 5.56 Å². The van der Waals surface area contributed by atoms with Gasteiger partial charge in [0.05, 0.1) is 0 Å². The van der Waals surface area contributed by atoms with Gasteiger partial charge in [-0.15, -0.1) is 5.54 Å². The van der Waals surface area contributed by atoms with Crippen molar-refractivity contribution in [3.8, 4) is 11.5 Å². The molecule has 0 radical (unpaired) electrons. The Balaban J connectivity index is 2.17. The minimum atomic E-state index is -1.38. The molecule has 1 N–H and O–H groups in total. The molecule has 112 valence electrons. The van der Waals surface area contributed by atoms with E-state index in [9.17, 15) is 0 Å². The van der Waals surface area contributed by atoms with E-state index < -0.39 is 8.07 Å². The normalized spacial score (nSPS) is 12.5. The van der Waals surface area contributed by atoms with E-state index in [2.05, 4.69) is 72.8 Å². The summed E-state index contributed by atoms with van der Waals surface area (Å²) in [4.78, 5) is 0. The van der Waals surface area contributed by atoms with Crippen molar-refractivity contribution in [1.82, 2.24) is 0 Å². The zero-order valence-corrected chi connectivity index (χ0v) is 14.5. The van der Waals surface area contributed by atoms with E-state index in [1.54, 1.807) is 0 Å². The number of hydrogen-bond donors (Lipinski definition) is 1. The van der Waals surface area contributed by atoms with Crippen molar-refractivity contribution in [3.05, 3.63) is 72.3 Å². The second-order valence-corrected chi connectivity index (χ2v) is 11.0. The van der Waals surface area contributed by atoms with Crippen LogP contribution in [0.5, 0.6) is 0 Å². The Morgan fingerprint density at radius 2 is 1.50 bits per heavy atom. The highest BCUT2D eigenvalue weighted by Crippen LogP contribution is 2.10. The van der Waals surface area contributed by atoms with Crippen LogP contribution in [0.4, 0.5) is 5.69 Å². The standard InChI is InChI=1S/C20H23NSi/c1-22(2,3)17-16-20(21-19-12-8-5-9-13-19)15-14-18-10-6-4-7-11-18/h4-15,20-21H,1-3H3/b15-14+. The molecule has 0 aliphatic carbocycles. The average molecular weight is 305 g/mol. The maximum Gasteiger partial charge on any atom is 0.129 e. The SMILES string of the molecule is C[Si](C)(C)C#CC(/C=C/c1ccccc1)Nc1ccccc1. The van der Waals surface area contributed by atoms with Gasteiger partial charge in [0.2, 0.25) is 0 Å². The van der Waals surface area contributed by atoms with E-state index in [1.807, 2.05) is 36.4 Å². The maximum absolute atomic E-state index is 3.48. The van der Waals surface area contributed by atoms with Gasteiger partial charge in [0.15, 0.2) is 0 Å².